The molecule has 0 radical (unpaired) electrons. The Hall–Kier alpha value is -4.32. The van der Waals surface area contributed by atoms with Crippen molar-refractivity contribution in [2.24, 2.45) is 17.8 Å². The average molecular weight is 686 g/mol. The van der Waals surface area contributed by atoms with Gasteiger partial charge in [-0.15, -0.1) is 0 Å². The van der Waals surface area contributed by atoms with E-state index in [1.807, 2.05) is 80.6 Å². The summed E-state index contributed by atoms with van der Waals surface area (Å²) in [5.41, 5.74) is 0.0669. The minimum atomic E-state index is -1.51. The predicted octanol–water partition coefficient (Wildman–Crippen LogP) is 3.34. The summed E-state index contributed by atoms with van der Waals surface area (Å²) in [6.45, 7) is 4.22. The Kier molecular flexibility index (Phi) is 10.9. The fraction of sp³-hybridized carbons (Fsp3) is 0.487. The molecule has 9 atom stereocenters. The van der Waals surface area contributed by atoms with Gasteiger partial charge in [-0.3, -0.25) is 19.2 Å². The number of methoxy groups -OCH3 is 1. The molecule has 3 amide bonds. The lowest BCUT2D eigenvalue weighted by Gasteiger charge is -2.40. The molecule has 0 aliphatic carbocycles. The van der Waals surface area contributed by atoms with Gasteiger partial charge >= 0.3 is 5.97 Å². The molecule has 4 heterocycles. The van der Waals surface area contributed by atoms with Crippen molar-refractivity contribution >= 4 is 23.7 Å². The van der Waals surface area contributed by atoms with Crippen LogP contribution in [0.1, 0.15) is 50.3 Å². The highest BCUT2D eigenvalue weighted by atomic mass is 16.6. The van der Waals surface area contributed by atoms with E-state index >= 15 is 0 Å². The van der Waals surface area contributed by atoms with Gasteiger partial charge in [0.1, 0.15) is 23.7 Å². The van der Waals surface area contributed by atoms with Gasteiger partial charge in [-0.2, -0.15) is 0 Å². The van der Waals surface area contributed by atoms with E-state index in [0.29, 0.717) is 24.9 Å². The van der Waals surface area contributed by atoms with Crippen LogP contribution in [0.15, 0.2) is 85.0 Å². The molecule has 2 N–H and O–H groups in total. The molecule has 11 heteroatoms. The monoisotopic (exact) mass is 685 g/mol. The lowest BCUT2D eigenvalue weighted by Crippen LogP contribution is -2.59. The first kappa shape index (κ1) is 35.5. The maximum absolute atomic E-state index is 14.9. The van der Waals surface area contributed by atoms with Crippen molar-refractivity contribution in [2.45, 2.75) is 75.6 Å². The zero-order valence-electron chi connectivity index (χ0n) is 28.9. The van der Waals surface area contributed by atoms with Gasteiger partial charge < -0.3 is 34.4 Å². The number of benzene rings is 2. The number of aliphatic hydroxyl groups is 1. The Labute approximate surface area is 293 Å². The molecule has 2 aromatic carbocycles. The highest BCUT2D eigenvalue weighted by Crippen LogP contribution is 2.54. The third kappa shape index (κ3) is 6.61. The number of cyclic esters (lactones) is 1. The largest absolute Gasteiger partial charge is 0.455 e. The predicted molar refractivity (Wildman–Crippen MR) is 184 cm³/mol. The number of allylic oxidation sites excluding steroid dienone is 1. The van der Waals surface area contributed by atoms with Gasteiger partial charge in [-0.05, 0) is 23.5 Å². The molecule has 50 heavy (non-hydrogen) atoms. The molecule has 0 aromatic heterocycles. The van der Waals surface area contributed by atoms with E-state index in [9.17, 15) is 24.3 Å². The van der Waals surface area contributed by atoms with E-state index in [4.69, 9.17) is 14.2 Å². The number of hydrogen-bond acceptors (Lipinski definition) is 8. The zero-order chi connectivity index (χ0) is 35.4. The van der Waals surface area contributed by atoms with Gasteiger partial charge in [0.2, 0.25) is 17.7 Å². The Morgan fingerprint density at radius 3 is 2.42 bits per heavy atom. The van der Waals surface area contributed by atoms with Gasteiger partial charge in [0, 0.05) is 26.6 Å². The van der Waals surface area contributed by atoms with E-state index in [-0.39, 0.29) is 43.9 Å². The number of nitrogens with zero attached hydrogens (tertiary/aromatic N) is 2. The Morgan fingerprint density at radius 2 is 1.74 bits per heavy atom. The van der Waals surface area contributed by atoms with Crippen molar-refractivity contribution in [2.75, 3.05) is 26.9 Å². The van der Waals surface area contributed by atoms with Crippen molar-refractivity contribution in [1.29, 1.82) is 0 Å². The molecule has 266 valence electrons. The van der Waals surface area contributed by atoms with Gasteiger partial charge in [0.15, 0.2) is 0 Å². The Balaban J connectivity index is 1.46. The van der Waals surface area contributed by atoms with E-state index in [2.05, 4.69) is 5.32 Å². The van der Waals surface area contributed by atoms with E-state index in [1.165, 1.54) is 12.0 Å². The summed E-state index contributed by atoms with van der Waals surface area (Å²) >= 11 is 0. The second kappa shape index (κ2) is 15.3. The zero-order valence-corrected chi connectivity index (χ0v) is 28.9. The maximum atomic E-state index is 14.9. The number of carbonyl (C=O) groups excluding carboxylic acids is 4. The second-order valence-electron chi connectivity index (χ2n) is 13.7. The number of rotatable bonds is 9. The maximum Gasteiger partial charge on any atom is 0.313 e. The van der Waals surface area contributed by atoms with Crippen molar-refractivity contribution in [3.05, 3.63) is 96.1 Å². The minimum Gasteiger partial charge on any atom is -0.455 e. The third-order valence-corrected chi connectivity index (χ3v) is 10.6. The van der Waals surface area contributed by atoms with E-state index in [0.717, 1.165) is 5.56 Å². The van der Waals surface area contributed by atoms with Crippen LogP contribution in [0.25, 0.3) is 0 Å². The lowest BCUT2D eigenvalue weighted by molar-refractivity contribution is -0.163. The number of likely N-dealkylation sites (tertiary alicyclic amines) is 1. The summed E-state index contributed by atoms with van der Waals surface area (Å²) in [5, 5.41) is 13.7. The normalized spacial score (nSPS) is 31.7. The number of esters is 1. The van der Waals surface area contributed by atoms with Crippen LogP contribution in [0, 0.1) is 17.8 Å². The van der Waals surface area contributed by atoms with Crippen LogP contribution < -0.4 is 5.32 Å². The third-order valence-electron chi connectivity index (χ3n) is 10.6. The molecular weight excluding hydrogens is 638 g/mol. The first-order chi connectivity index (χ1) is 24.2. The summed E-state index contributed by atoms with van der Waals surface area (Å²) in [4.78, 5) is 60.6. The first-order valence-corrected chi connectivity index (χ1v) is 17.6. The smallest absolute Gasteiger partial charge is 0.313 e. The van der Waals surface area contributed by atoms with Crippen LogP contribution in [0.5, 0.6) is 0 Å². The first-order valence-electron chi connectivity index (χ1n) is 17.6. The lowest BCUT2D eigenvalue weighted by atomic mass is 9.77. The molecular formula is C39H47N3O8. The quantitative estimate of drug-likeness (QED) is 0.304. The molecule has 2 saturated heterocycles. The minimum absolute atomic E-state index is 0.0722. The summed E-state index contributed by atoms with van der Waals surface area (Å²) in [6.07, 6.45) is 6.46. The molecule has 0 saturated carbocycles. The summed E-state index contributed by atoms with van der Waals surface area (Å²) in [6, 6.07) is 16.2. The van der Waals surface area contributed by atoms with Gasteiger partial charge in [-0.25, -0.2) is 0 Å². The molecule has 2 aromatic rings. The van der Waals surface area contributed by atoms with E-state index < -0.39 is 59.6 Å². The number of fused-ring (bicyclic) bond motifs is 2. The van der Waals surface area contributed by atoms with Crippen molar-refractivity contribution in [3.8, 4) is 0 Å². The fourth-order valence-electron chi connectivity index (χ4n) is 7.99. The van der Waals surface area contributed by atoms with Crippen LogP contribution in [0.4, 0.5) is 0 Å². The molecule has 0 unspecified atom stereocenters. The summed E-state index contributed by atoms with van der Waals surface area (Å²) in [5.74, 6) is -4.04. The molecule has 4 aliphatic rings. The van der Waals surface area contributed by atoms with Gasteiger partial charge in [0.05, 0.1) is 37.3 Å². The molecule has 1 spiro atoms. The molecule has 4 aliphatic heterocycles. The number of nitrogens with one attached hydrogen (secondary N) is 1. The van der Waals surface area contributed by atoms with Crippen LogP contribution in [-0.4, -0.2) is 95.3 Å². The SMILES string of the molecule is CC[C@H](C)[C@H](CO)N1C(=O)[C@@H]2[C@H]3C(=O)O[C@H](c4ccccc4)[C@@H](COC)NC(=O)CC/C=C\[C@H]3O[C@@]23C=CCN(Cc2ccccc2)C(=O)[C@@H]13. The summed E-state index contributed by atoms with van der Waals surface area (Å²) < 4.78 is 18.7. The number of hydrogen-bond donors (Lipinski definition) is 2. The molecule has 2 fully saturated rings. The highest BCUT2D eigenvalue weighted by molar-refractivity contribution is 5.99. The summed E-state index contributed by atoms with van der Waals surface area (Å²) in [7, 11) is 1.51. The molecule has 11 nitrogen and oxygen atoms in total. The molecule has 6 rings (SSSR count). The Morgan fingerprint density at radius 1 is 1.02 bits per heavy atom. The highest BCUT2D eigenvalue weighted by Gasteiger charge is 2.72. The van der Waals surface area contributed by atoms with Crippen molar-refractivity contribution < 1.29 is 38.5 Å². The standard InChI is InChI=1S/C39H47N3O8/c1-4-25(2)29(23-43)42-35-37(46)41(22-26-14-7-5-8-15-26)21-13-20-39(35)33(36(42)45)32-30(50-39)18-11-12-19-31(44)40-28(24-48-3)34(49-38(32)47)27-16-9-6-10-17-27/h5-11,13-18,20,25,28-30,32-35,43H,4,12,19,21-24H2,1-3H3,(H,40,44)/b18-11-/t25-,28+,29-,30+,32-,33-,34+,35+,39-/m0/s1. The van der Waals surface area contributed by atoms with Crippen LogP contribution >= 0.6 is 0 Å². The van der Waals surface area contributed by atoms with Gasteiger partial charge in [0.25, 0.3) is 0 Å². The van der Waals surface area contributed by atoms with Crippen LogP contribution in [-0.2, 0) is 39.9 Å². The number of ether oxygens (including phenoxy) is 3. The van der Waals surface area contributed by atoms with E-state index in [1.54, 1.807) is 23.1 Å². The average Bonchev–Trinajstić information content (AvgIpc) is 3.52. The van der Waals surface area contributed by atoms with Crippen LogP contribution in [0.2, 0.25) is 0 Å². The Bertz CT molecular complexity index is 1600. The van der Waals surface area contributed by atoms with Crippen molar-refractivity contribution in [3.63, 3.8) is 0 Å². The number of aliphatic hydroxyl groups excluding tert-OH is 1. The second-order valence-corrected chi connectivity index (χ2v) is 13.7. The van der Waals surface area contributed by atoms with Gasteiger partial charge in [-0.1, -0.05) is 105 Å². The van der Waals surface area contributed by atoms with Crippen molar-refractivity contribution in [1.82, 2.24) is 15.1 Å². The topological polar surface area (TPSA) is 135 Å². The number of carbonyl (C=O) groups is 4. The fourth-order valence-corrected chi connectivity index (χ4v) is 7.99. The van der Waals surface area contributed by atoms with Crippen LogP contribution in [0.3, 0.4) is 0 Å². The molecule has 0 bridgehead atoms. The number of amides is 3.